The molecule has 1 aliphatic carbocycles. The zero-order valence-electron chi connectivity index (χ0n) is 14.8. The molecule has 0 saturated heterocycles. The second kappa shape index (κ2) is 6.95. The molecule has 0 aliphatic heterocycles. The van der Waals surface area contributed by atoms with Gasteiger partial charge in [-0.3, -0.25) is 0 Å². The summed E-state index contributed by atoms with van der Waals surface area (Å²) in [6, 6.07) is 7.80. The van der Waals surface area contributed by atoms with Crippen LogP contribution in [0.2, 0.25) is 0 Å². The Bertz CT molecular complexity index is 786. The molecule has 4 heteroatoms. The van der Waals surface area contributed by atoms with Crippen molar-refractivity contribution in [1.82, 2.24) is 0 Å². The molecule has 0 aromatic heterocycles. The Kier molecular flexibility index (Phi) is 5.06. The van der Waals surface area contributed by atoms with Crippen LogP contribution in [0.1, 0.15) is 50.2 Å². The Morgan fingerprint density at radius 2 is 1.92 bits per heavy atom. The first-order chi connectivity index (χ1) is 11.9. The number of ether oxygens (including phenoxy) is 1. The van der Waals surface area contributed by atoms with Crippen molar-refractivity contribution in [2.24, 2.45) is 5.41 Å². The van der Waals surface area contributed by atoms with Gasteiger partial charge in [0, 0.05) is 17.0 Å². The Morgan fingerprint density at radius 1 is 1.16 bits per heavy atom. The first kappa shape index (κ1) is 18.2. The van der Waals surface area contributed by atoms with Crippen LogP contribution >= 0.6 is 11.6 Å². The fraction of sp³-hybridized carbons (Fsp3) is 0.429. The van der Waals surface area contributed by atoms with E-state index >= 15 is 4.39 Å². The van der Waals surface area contributed by atoms with E-state index in [1.165, 1.54) is 19.2 Å². The molecular formula is C21H23ClF2O. The maximum Gasteiger partial charge on any atom is 0.131 e. The monoisotopic (exact) mass is 364 g/mol. The van der Waals surface area contributed by atoms with Crippen molar-refractivity contribution < 1.29 is 13.5 Å². The van der Waals surface area contributed by atoms with Gasteiger partial charge in [-0.05, 0) is 59.6 Å². The molecule has 2 aromatic rings. The van der Waals surface area contributed by atoms with Gasteiger partial charge >= 0.3 is 0 Å². The summed E-state index contributed by atoms with van der Waals surface area (Å²) in [6.45, 7) is 4.39. The van der Waals surface area contributed by atoms with Crippen LogP contribution in [0.25, 0.3) is 11.1 Å². The van der Waals surface area contributed by atoms with E-state index in [2.05, 4.69) is 13.8 Å². The third kappa shape index (κ3) is 3.39. The summed E-state index contributed by atoms with van der Waals surface area (Å²) in [6.07, 6.45) is 3.13. The van der Waals surface area contributed by atoms with E-state index in [9.17, 15) is 4.39 Å². The van der Waals surface area contributed by atoms with Crippen LogP contribution in [-0.4, -0.2) is 7.11 Å². The lowest BCUT2D eigenvalue weighted by Gasteiger charge is -2.30. The normalized spacial score (nSPS) is 19.2. The lowest BCUT2D eigenvalue weighted by Crippen LogP contribution is -2.17. The predicted octanol–water partition coefficient (Wildman–Crippen LogP) is 6.67. The van der Waals surface area contributed by atoms with E-state index in [0.717, 1.165) is 30.4 Å². The van der Waals surface area contributed by atoms with Gasteiger partial charge in [-0.1, -0.05) is 26.3 Å². The van der Waals surface area contributed by atoms with E-state index in [0.29, 0.717) is 11.3 Å². The molecule has 1 fully saturated rings. The van der Waals surface area contributed by atoms with E-state index in [-0.39, 0.29) is 22.8 Å². The minimum absolute atomic E-state index is 0.0431. The van der Waals surface area contributed by atoms with Crippen LogP contribution in [0, 0.1) is 17.0 Å². The van der Waals surface area contributed by atoms with Gasteiger partial charge in [0.15, 0.2) is 0 Å². The summed E-state index contributed by atoms with van der Waals surface area (Å²) in [7, 11) is 1.52. The summed E-state index contributed by atoms with van der Waals surface area (Å²) < 4.78 is 34.8. The lowest BCUT2D eigenvalue weighted by molar-refractivity contribution is 0.332. The topological polar surface area (TPSA) is 9.23 Å². The van der Waals surface area contributed by atoms with Crippen molar-refractivity contribution >= 4 is 11.6 Å². The highest BCUT2D eigenvalue weighted by Gasteiger charge is 2.37. The first-order valence-corrected chi connectivity index (χ1v) is 9.13. The van der Waals surface area contributed by atoms with Gasteiger partial charge in [-0.2, -0.15) is 0 Å². The maximum absolute atomic E-state index is 15.0. The van der Waals surface area contributed by atoms with Crippen LogP contribution in [0.4, 0.5) is 8.78 Å². The van der Waals surface area contributed by atoms with E-state index in [1.807, 2.05) is 6.07 Å². The highest BCUT2D eigenvalue weighted by atomic mass is 35.5. The van der Waals surface area contributed by atoms with Crippen molar-refractivity contribution in [3.63, 3.8) is 0 Å². The molecule has 0 N–H and O–H groups in total. The molecule has 3 rings (SSSR count). The average molecular weight is 365 g/mol. The second-order valence-electron chi connectivity index (χ2n) is 7.45. The van der Waals surface area contributed by atoms with Gasteiger partial charge in [-0.15, -0.1) is 11.6 Å². The Labute approximate surface area is 153 Å². The van der Waals surface area contributed by atoms with Crippen molar-refractivity contribution in [1.29, 1.82) is 0 Å². The Balaban J connectivity index is 2.26. The van der Waals surface area contributed by atoms with Crippen LogP contribution in [0.5, 0.6) is 5.75 Å². The zero-order valence-corrected chi connectivity index (χ0v) is 15.6. The van der Waals surface area contributed by atoms with Gasteiger partial charge in [0.2, 0.25) is 0 Å². The number of hydrogen-bond acceptors (Lipinski definition) is 1. The summed E-state index contributed by atoms with van der Waals surface area (Å²) in [5, 5.41) is 0. The summed E-state index contributed by atoms with van der Waals surface area (Å²) >= 11 is 5.97. The fourth-order valence-corrected chi connectivity index (χ4v) is 4.20. The number of rotatable bonds is 4. The van der Waals surface area contributed by atoms with Crippen LogP contribution in [-0.2, 0) is 5.88 Å². The molecule has 0 bridgehead atoms. The highest BCUT2D eigenvalue weighted by Crippen LogP contribution is 2.52. The molecule has 0 radical (unpaired) electrons. The molecule has 0 amide bonds. The Hall–Kier alpha value is -1.61. The summed E-state index contributed by atoms with van der Waals surface area (Å²) in [4.78, 5) is 0. The molecule has 1 nitrogen and oxygen atoms in total. The summed E-state index contributed by atoms with van der Waals surface area (Å²) in [5.74, 6) is 0.0378. The Morgan fingerprint density at radius 3 is 2.52 bits per heavy atom. The molecule has 25 heavy (non-hydrogen) atoms. The molecule has 1 saturated carbocycles. The summed E-state index contributed by atoms with van der Waals surface area (Å²) in [5.41, 5.74) is 2.21. The van der Waals surface area contributed by atoms with Gasteiger partial charge in [0.25, 0.3) is 0 Å². The van der Waals surface area contributed by atoms with Crippen LogP contribution in [0.3, 0.4) is 0 Å². The van der Waals surface area contributed by atoms with Crippen LogP contribution < -0.4 is 4.74 Å². The minimum Gasteiger partial charge on any atom is -0.497 e. The van der Waals surface area contributed by atoms with Crippen LogP contribution in [0.15, 0.2) is 30.3 Å². The molecule has 1 aliphatic rings. The number of methoxy groups -OCH3 is 1. The van der Waals surface area contributed by atoms with Crippen molar-refractivity contribution in [3.8, 4) is 16.9 Å². The largest absolute Gasteiger partial charge is 0.497 e. The van der Waals surface area contributed by atoms with Gasteiger partial charge in [0.1, 0.15) is 17.4 Å². The smallest absolute Gasteiger partial charge is 0.131 e. The second-order valence-corrected chi connectivity index (χ2v) is 7.72. The van der Waals surface area contributed by atoms with Gasteiger partial charge in [-0.25, -0.2) is 8.78 Å². The third-order valence-corrected chi connectivity index (χ3v) is 5.72. The molecular weight excluding hydrogens is 342 g/mol. The third-order valence-electron chi connectivity index (χ3n) is 5.41. The van der Waals surface area contributed by atoms with Crippen molar-refractivity contribution in [2.45, 2.75) is 44.9 Å². The predicted molar refractivity (Wildman–Crippen MR) is 98.3 cm³/mol. The molecule has 0 unspecified atom stereocenters. The SMILES string of the molecule is COc1ccc(F)c(-c2c(F)cc(CCl)cc2[C@H]2CCCC2(C)C)c1. The molecule has 0 heterocycles. The van der Waals surface area contributed by atoms with E-state index < -0.39 is 11.6 Å². The van der Waals surface area contributed by atoms with E-state index in [4.69, 9.17) is 16.3 Å². The zero-order chi connectivity index (χ0) is 18.2. The number of alkyl halides is 1. The number of benzene rings is 2. The molecule has 134 valence electrons. The standard InChI is InChI=1S/C21H23ClF2O/c1-21(2)8-4-5-17(21)15-9-13(12-22)10-19(24)20(15)16-11-14(25-3)6-7-18(16)23/h6-7,9-11,17H,4-5,8,12H2,1-3H3/t17-/m1/s1. The quantitative estimate of drug-likeness (QED) is 0.550. The van der Waals surface area contributed by atoms with Crippen molar-refractivity contribution in [3.05, 3.63) is 53.1 Å². The highest BCUT2D eigenvalue weighted by molar-refractivity contribution is 6.17. The number of hydrogen-bond donors (Lipinski definition) is 0. The minimum atomic E-state index is -0.449. The molecule has 0 spiro atoms. The van der Waals surface area contributed by atoms with E-state index in [1.54, 1.807) is 12.1 Å². The van der Waals surface area contributed by atoms with Gasteiger partial charge in [0.05, 0.1) is 7.11 Å². The first-order valence-electron chi connectivity index (χ1n) is 8.59. The molecule has 2 aromatic carbocycles. The average Bonchev–Trinajstić information content (AvgIpc) is 2.94. The maximum atomic E-state index is 15.0. The fourth-order valence-electron chi connectivity index (χ4n) is 4.05. The van der Waals surface area contributed by atoms with Crippen molar-refractivity contribution in [2.75, 3.05) is 7.11 Å². The van der Waals surface area contributed by atoms with Gasteiger partial charge < -0.3 is 4.74 Å². The lowest BCUT2D eigenvalue weighted by atomic mass is 9.75. The molecule has 1 atom stereocenters. The number of halogens is 3.